The molecule has 0 atom stereocenters. The fourth-order valence-electron chi connectivity index (χ4n) is 2.00. The van der Waals surface area contributed by atoms with E-state index in [2.05, 4.69) is 13.5 Å². The van der Waals surface area contributed by atoms with Crippen LogP contribution >= 0.6 is 0 Å². The summed E-state index contributed by atoms with van der Waals surface area (Å²) in [6, 6.07) is 1.50. The van der Waals surface area contributed by atoms with Crippen LogP contribution < -0.4 is 0 Å². The average molecular weight is 413 g/mol. The third kappa shape index (κ3) is 10.5. The number of esters is 1. The second-order valence-corrected chi connectivity index (χ2v) is 11.5. The normalized spacial score (nSPS) is 11.5. The Balaban J connectivity index is 0. The topological polar surface area (TPSA) is 81.7 Å². The van der Waals surface area contributed by atoms with E-state index in [1.54, 1.807) is 49.6 Å². The Morgan fingerprint density at radius 2 is 1.19 bits per heavy atom. The highest BCUT2D eigenvalue weighted by molar-refractivity contribution is 6.60. The molecule has 156 valence electrons. The van der Waals surface area contributed by atoms with Gasteiger partial charge in [0.05, 0.1) is 6.61 Å². The first-order chi connectivity index (χ1) is 12.3. The maximum absolute atomic E-state index is 11.1. The van der Waals surface area contributed by atoms with Gasteiger partial charge in [-0.3, -0.25) is 0 Å². The molecule has 8 nitrogen and oxygen atoms in total. The van der Waals surface area contributed by atoms with Crippen LogP contribution in [0.15, 0.2) is 12.2 Å². The highest BCUT2D eigenvalue weighted by Crippen LogP contribution is 2.15. The molecule has 0 unspecified atom stereocenters. The van der Waals surface area contributed by atoms with E-state index in [1.807, 2.05) is 0 Å². The highest BCUT2D eigenvalue weighted by atomic mass is 28.4. The lowest BCUT2D eigenvalue weighted by Crippen LogP contribution is -2.42. The van der Waals surface area contributed by atoms with Crippen LogP contribution in [0.25, 0.3) is 0 Å². The van der Waals surface area contributed by atoms with Crippen molar-refractivity contribution in [3.05, 3.63) is 12.2 Å². The molecular weight excluding hydrogens is 376 g/mol. The zero-order chi connectivity index (χ0) is 20.6. The standard InChI is InChI=1S/C10H20O5Si.C6H16O3Si/c1-9(2)10(11)15-7-6-8-16(12-3,13-4)14-5;1-5-6-10(7-2,8-3)9-4/h1,6-8H2,2-5H3;5-6H2,1-4H3. The van der Waals surface area contributed by atoms with Gasteiger partial charge in [0, 0.05) is 60.3 Å². The van der Waals surface area contributed by atoms with Crippen LogP contribution in [0.1, 0.15) is 26.7 Å². The molecule has 0 saturated heterocycles. The Hall–Kier alpha value is -0.596. The van der Waals surface area contributed by atoms with E-state index >= 15 is 0 Å². The molecule has 0 aromatic carbocycles. The summed E-state index contributed by atoms with van der Waals surface area (Å²) in [7, 11) is 4.82. The van der Waals surface area contributed by atoms with Gasteiger partial charge in [-0.25, -0.2) is 4.79 Å². The minimum absolute atomic E-state index is 0.316. The molecule has 0 fully saturated rings. The van der Waals surface area contributed by atoms with Crippen LogP contribution in [0, 0.1) is 0 Å². The molecule has 0 saturated carbocycles. The summed E-state index contributed by atoms with van der Waals surface area (Å²) in [4.78, 5) is 11.1. The van der Waals surface area contributed by atoms with Crippen molar-refractivity contribution >= 4 is 23.6 Å². The van der Waals surface area contributed by atoms with E-state index < -0.39 is 17.6 Å². The molecule has 0 aliphatic rings. The van der Waals surface area contributed by atoms with E-state index in [9.17, 15) is 4.79 Å². The van der Waals surface area contributed by atoms with Crippen molar-refractivity contribution in [3.63, 3.8) is 0 Å². The van der Waals surface area contributed by atoms with Gasteiger partial charge < -0.3 is 31.3 Å². The average Bonchev–Trinajstić information content (AvgIpc) is 2.67. The third-order valence-corrected chi connectivity index (χ3v) is 9.44. The van der Waals surface area contributed by atoms with E-state index in [1.165, 1.54) is 0 Å². The Kier molecular flexibility index (Phi) is 16.4. The lowest BCUT2D eigenvalue weighted by Gasteiger charge is -2.24. The van der Waals surface area contributed by atoms with Crippen molar-refractivity contribution in [1.29, 1.82) is 0 Å². The highest BCUT2D eigenvalue weighted by Gasteiger charge is 2.37. The number of carbonyl (C=O) groups is 1. The van der Waals surface area contributed by atoms with Gasteiger partial charge in [-0.1, -0.05) is 19.9 Å². The van der Waals surface area contributed by atoms with Crippen molar-refractivity contribution in [3.8, 4) is 0 Å². The number of hydrogen-bond donors (Lipinski definition) is 0. The lowest BCUT2D eigenvalue weighted by molar-refractivity contribution is -0.139. The van der Waals surface area contributed by atoms with Gasteiger partial charge in [-0.2, -0.15) is 0 Å². The predicted octanol–water partition coefficient (Wildman–Crippen LogP) is 2.65. The Labute approximate surface area is 160 Å². The number of rotatable bonds is 13. The van der Waals surface area contributed by atoms with E-state index in [0.717, 1.165) is 12.5 Å². The molecule has 0 rings (SSSR count). The molecule has 0 radical (unpaired) electrons. The summed E-state index contributed by atoms with van der Waals surface area (Å²) >= 11 is 0. The van der Waals surface area contributed by atoms with Crippen LogP contribution in [-0.4, -0.2) is 72.8 Å². The third-order valence-electron chi connectivity index (χ3n) is 3.63. The molecule has 26 heavy (non-hydrogen) atoms. The van der Waals surface area contributed by atoms with E-state index in [4.69, 9.17) is 31.3 Å². The van der Waals surface area contributed by atoms with Crippen molar-refractivity contribution < 1.29 is 36.1 Å². The van der Waals surface area contributed by atoms with Crippen LogP contribution in [-0.2, 0) is 36.1 Å². The van der Waals surface area contributed by atoms with Crippen molar-refractivity contribution in [1.82, 2.24) is 0 Å². The molecule has 0 aliphatic carbocycles. The zero-order valence-corrected chi connectivity index (χ0v) is 19.5. The van der Waals surface area contributed by atoms with Gasteiger partial charge in [0.1, 0.15) is 0 Å². The van der Waals surface area contributed by atoms with Crippen LogP contribution in [0.5, 0.6) is 0 Å². The zero-order valence-electron chi connectivity index (χ0n) is 17.5. The largest absolute Gasteiger partial charge is 0.500 e. The number of carbonyl (C=O) groups excluding carboxylic acids is 1. The summed E-state index contributed by atoms with van der Waals surface area (Å²) < 4.78 is 36.1. The molecular formula is C16H36O8Si2. The predicted molar refractivity (Wildman–Crippen MR) is 104 cm³/mol. The summed E-state index contributed by atoms with van der Waals surface area (Å²) in [5.74, 6) is -0.375. The molecule has 0 spiro atoms. The van der Waals surface area contributed by atoms with Crippen LogP contribution in [0.3, 0.4) is 0 Å². The second kappa shape index (κ2) is 15.5. The van der Waals surface area contributed by atoms with Crippen molar-refractivity contribution in [2.24, 2.45) is 0 Å². The van der Waals surface area contributed by atoms with E-state index in [0.29, 0.717) is 24.6 Å². The van der Waals surface area contributed by atoms with E-state index in [-0.39, 0.29) is 5.97 Å². The fourth-order valence-corrected chi connectivity index (χ4v) is 5.41. The maximum atomic E-state index is 11.1. The fraction of sp³-hybridized carbons (Fsp3) is 0.812. The molecule has 0 aromatic heterocycles. The monoisotopic (exact) mass is 412 g/mol. The Morgan fingerprint density at radius 1 is 0.808 bits per heavy atom. The van der Waals surface area contributed by atoms with Crippen LogP contribution in [0.4, 0.5) is 0 Å². The lowest BCUT2D eigenvalue weighted by atomic mass is 10.4. The summed E-state index contributed by atoms with van der Waals surface area (Å²) in [5, 5.41) is 0. The first kappa shape index (κ1) is 27.6. The first-order valence-electron chi connectivity index (χ1n) is 8.39. The Bertz CT molecular complexity index is 368. The van der Waals surface area contributed by atoms with Gasteiger partial charge >= 0.3 is 23.6 Å². The quantitative estimate of drug-likeness (QED) is 0.198. The molecule has 0 aromatic rings. The van der Waals surface area contributed by atoms with Gasteiger partial charge in [-0.05, 0) is 13.3 Å². The SMILES string of the molecule is C=C(C)C(=O)OCCC[Si](OC)(OC)OC.CCC[Si](OC)(OC)OC. The van der Waals surface area contributed by atoms with Crippen molar-refractivity contribution in [2.45, 2.75) is 38.8 Å². The number of ether oxygens (including phenoxy) is 1. The molecule has 0 N–H and O–H groups in total. The van der Waals surface area contributed by atoms with Gasteiger partial charge in [-0.15, -0.1) is 0 Å². The number of hydrogen-bond acceptors (Lipinski definition) is 8. The van der Waals surface area contributed by atoms with Crippen molar-refractivity contribution in [2.75, 3.05) is 49.3 Å². The van der Waals surface area contributed by atoms with Crippen LogP contribution in [0.2, 0.25) is 12.1 Å². The molecule has 10 heteroatoms. The van der Waals surface area contributed by atoms with Gasteiger partial charge in [0.2, 0.25) is 0 Å². The molecule has 0 heterocycles. The molecule has 0 aliphatic heterocycles. The first-order valence-corrected chi connectivity index (χ1v) is 12.3. The molecule has 0 amide bonds. The second-order valence-electron chi connectivity index (χ2n) is 5.36. The minimum atomic E-state index is -2.53. The van der Waals surface area contributed by atoms with Gasteiger partial charge in [0.15, 0.2) is 0 Å². The summed E-state index contributed by atoms with van der Waals surface area (Å²) in [6.45, 7) is 7.50. The Morgan fingerprint density at radius 3 is 1.46 bits per heavy atom. The molecule has 0 bridgehead atoms. The van der Waals surface area contributed by atoms with Gasteiger partial charge in [0.25, 0.3) is 0 Å². The summed E-state index contributed by atoms with van der Waals surface area (Å²) in [6.07, 6.45) is 1.67. The smallest absolute Gasteiger partial charge is 0.462 e. The minimum Gasteiger partial charge on any atom is -0.462 e. The summed E-state index contributed by atoms with van der Waals surface area (Å²) in [5.41, 5.74) is 0.397. The maximum Gasteiger partial charge on any atom is 0.500 e.